The lowest BCUT2D eigenvalue weighted by Gasteiger charge is -2.17. The Labute approximate surface area is 167 Å². The third kappa shape index (κ3) is 5.17. The summed E-state index contributed by atoms with van der Waals surface area (Å²) >= 11 is 1.12. The molecule has 1 aliphatic rings. The molecule has 0 bridgehead atoms. The van der Waals surface area contributed by atoms with Crippen LogP contribution in [-0.2, 0) is 14.9 Å². The predicted octanol–water partition coefficient (Wildman–Crippen LogP) is 4.04. The summed E-state index contributed by atoms with van der Waals surface area (Å²) in [5.41, 5.74) is 1.10. The average molecular weight is 422 g/mol. The number of fused-ring (bicyclic) bond motifs is 1. The summed E-state index contributed by atoms with van der Waals surface area (Å²) in [5, 5.41) is 2.83. The molecular weight excluding hydrogens is 402 g/mol. The van der Waals surface area contributed by atoms with Crippen LogP contribution in [0.25, 0.3) is 0 Å². The van der Waals surface area contributed by atoms with Gasteiger partial charge in [0, 0.05) is 18.0 Å². The lowest BCUT2D eigenvalue weighted by molar-refractivity contribution is 0.150. The van der Waals surface area contributed by atoms with Crippen LogP contribution in [0.3, 0.4) is 0 Å². The van der Waals surface area contributed by atoms with E-state index in [-0.39, 0.29) is 15.8 Å². The van der Waals surface area contributed by atoms with Crippen molar-refractivity contribution in [3.8, 4) is 5.75 Å². The number of carbonyl (C=O) groups excluding carboxylic acids is 1. The van der Waals surface area contributed by atoms with Crippen LogP contribution in [0.1, 0.15) is 19.8 Å². The number of anilines is 1. The molecule has 2 aromatic rings. The molecule has 2 N–H and O–H groups in total. The highest BCUT2D eigenvalue weighted by molar-refractivity contribution is 8.15. The van der Waals surface area contributed by atoms with Crippen molar-refractivity contribution in [3.63, 3.8) is 0 Å². The topological polar surface area (TPSA) is 106 Å². The first-order valence-corrected chi connectivity index (χ1v) is 10.8. The highest BCUT2D eigenvalue weighted by atomic mass is 32.2. The number of rotatable bonds is 6. The third-order valence-corrected chi connectivity index (χ3v) is 5.60. The van der Waals surface area contributed by atoms with E-state index in [1.807, 2.05) is 6.92 Å². The van der Waals surface area contributed by atoms with Gasteiger partial charge in [-0.25, -0.2) is 9.79 Å². The van der Waals surface area contributed by atoms with Gasteiger partial charge in [-0.1, -0.05) is 31.5 Å². The SMILES string of the molecule is CCCCOC(=O)NC1=Nc2cc(OS(=O)(=O)c3ccccc3)ccc2NS1. The number of aliphatic imine (C=N–C) groups is 1. The second-order valence-electron chi connectivity index (χ2n) is 5.77. The van der Waals surface area contributed by atoms with E-state index in [1.165, 1.54) is 24.3 Å². The molecule has 0 atom stereocenters. The number of carbonyl (C=O) groups is 1. The monoisotopic (exact) mass is 421 g/mol. The zero-order valence-corrected chi connectivity index (χ0v) is 16.7. The number of alkyl carbamates (subject to hydrolysis) is 1. The van der Waals surface area contributed by atoms with Gasteiger partial charge in [0.2, 0.25) is 0 Å². The Hall–Kier alpha value is -2.72. The van der Waals surface area contributed by atoms with Crippen molar-refractivity contribution in [2.75, 3.05) is 11.3 Å². The number of nitrogens with one attached hydrogen (secondary N) is 2. The van der Waals surface area contributed by atoms with Crippen molar-refractivity contribution in [1.29, 1.82) is 0 Å². The fraction of sp³-hybridized carbons (Fsp3) is 0.222. The molecule has 0 radical (unpaired) electrons. The molecule has 3 rings (SSSR count). The number of nitrogens with zero attached hydrogens (tertiary/aromatic N) is 1. The lowest BCUT2D eigenvalue weighted by Crippen LogP contribution is -2.30. The fourth-order valence-corrected chi connectivity index (χ4v) is 3.83. The Morgan fingerprint density at radius 3 is 2.75 bits per heavy atom. The van der Waals surface area contributed by atoms with Crippen molar-refractivity contribution in [2.24, 2.45) is 4.99 Å². The molecule has 1 aliphatic heterocycles. The number of benzene rings is 2. The number of amidine groups is 1. The van der Waals surface area contributed by atoms with E-state index in [0.29, 0.717) is 18.0 Å². The molecule has 8 nitrogen and oxygen atoms in total. The van der Waals surface area contributed by atoms with Gasteiger partial charge in [-0.05, 0) is 30.7 Å². The summed E-state index contributed by atoms with van der Waals surface area (Å²) < 4.78 is 38.0. The van der Waals surface area contributed by atoms with Gasteiger partial charge in [-0.3, -0.25) is 5.32 Å². The molecule has 0 saturated heterocycles. The van der Waals surface area contributed by atoms with Gasteiger partial charge in [-0.2, -0.15) is 8.42 Å². The Morgan fingerprint density at radius 1 is 1.21 bits per heavy atom. The van der Waals surface area contributed by atoms with Crippen molar-refractivity contribution in [3.05, 3.63) is 48.5 Å². The fourth-order valence-electron chi connectivity index (χ4n) is 2.23. The maximum absolute atomic E-state index is 12.4. The van der Waals surface area contributed by atoms with Crippen LogP contribution >= 0.6 is 11.9 Å². The molecule has 1 amide bonds. The first kappa shape index (κ1) is 20.0. The standard InChI is InChI=1S/C18H19N3O5S2/c1-2-3-11-25-18(22)20-17-19-16-12-13(9-10-15(16)21-27-17)26-28(23,24)14-7-5-4-6-8-14/h4-10,12,21H,2-3,11H2,1H3,(H,19,20,22). The molecule has 0 fully saturated rings. The molecule has 0 spiro atoms. The molecule has 2 aromatic carbocycles. The molecular formula is C18H19N3O5S2. The number of unbranched alkanes of at least 4 members (excludes halogenated alkanes) is 1. The van der Waals surface area contributed by atoms with Crippen LogP contribution in [0, 0.1) is 0 Å². The van der Waals surface area contributed by atoms with Gasteiger partial charge < -0.3 is 13.6 Å². The smallest absolute Gasteiger partial charge is 0.413 e. The number of ether oxygens (including phenoxy) is 1. The third-order valence-electron chi connectivity index (χ3n) is 3.63. The van der Waals surface area contributed by atoms with Crippen LogP contribution < -0.4 is 14.2 Å². The molecule has 10 heteroatoms. The minimum Gasteiger partial charge on any atom is -0.449 e. The summed E-state index contributed by atoms with van der Waals surface area (Å²) in [6.07, 6.45) is 1.11. The van der Waals surface area contributed by atoms with Crippen LogP contribution in [0.4, 0.5) is 16.2 Å². The molecule has 0 aliphatic carbocycles. The van der Waals surface area contributed by atoms with Crippen LogP contribution in [0.2, 0.25) is 0 Å². The molecule has 148 valence electrons. The van der Waals surface area contributed by atoms with Crippen molar-refractivity contribution in [1.82, 2.24) is 5.32 Å². The zero-order valence-electron chi connectivity index (χ0n) is 15.0. The molecule has 0 unspecified atom stereocenters. The Morgan fingerprint density at radius 2 is 2.00 bits per heavy atom. The van der Waals surface area contributed by atoms with E-state index < -0.39 is 16.2 Å². The van der Waals surface area contributed by atoms with Gasteiger partial charge in [0.1, 0.15) is 10.6 Å². The van der Waals surface area contributed by atoms with E-state index in [2.05, 4.69) is 15.0 Å². The van der Waals surface area contributed by atoms with E-state index in [1.54, 1.807) is 24.3 Å². The predicted molar refractivity (Wildman–Crippen MR) is 108 cm³/mol. The Kier molecular flexibility index (Phi) is 6.42. The zero-order chi connectivity index (χ0) is 20.0. The number of hydrogen-bond donors (Lipinski definition) is 2. The summed E-state index contributed by atoms with van der Waals surface area (Å²) in [5.74, 6) is 0.116. The summed E-state index contributed by atoms with van der Waals surface area (Å²) in [7, 11) is -3.95. The quantitative estimate of drug-likeness (QED) is 0.412. The molecule has 1 heterocycles. The molecule has 0 aromatic heterocycles. The molecule has 0 saturated carbocycles. The normalized spacial score (nSPS) is 13.0. The number of amides is 1. The van der Waals surface area contributed by atoms with Gasteiger partial charge >= 0.3 is 16.2 Å². The highest BCUT2D eigenvalue weighted by Crippen LogP contribution is 2.36. The summed E-state index contributed by atoms with van der Waals surface area (Å²) in [4.78, 5) is 16.1. The van der Waals surface area contributed by atoms with E-state index in [9.17, 15) is 13.2 Å². The van der Waals surface area contributed by atoms with Crippen molar-refractivity contribution in [2.45, 2.75) is 24.7 Å². The Bertz CT molecular complexity index is 978. The van der Waals surface area contributed by atoms with Gasteiger partial charge in [0.05, 0.1) is 18.0 Å². The lowest BCUT2D eigenvalue weighted by atomic mass is 10.2. The van der Waals surface area contributed by atoms with Crippen LogP contribution in [0.15, 0.2) is 58.4 Å². The van der Waals surface area contributed by atoms with Gasteiger partial charge in [0.15, 0.2) is 5.17 Å². The maximum Gasteiger partial charge on any atom is 0.413 e. The number of hydrogen-bond acceptors (Lipinski definition) is 8. The van der Waals surface area contributed by atoms with E-state index in [0.717, 1.165) is 24.8 Å². The second kappa shape index (κ2) is 8.98. The largest absolute Gasteiger partial charge is 0.449 e. The highest BCUT2D eigenvalue weighted by Gasteiger charge is 2.19. The van der Waals surface area contributed by atoms with Crippen molar-refractivity contribution < 1.29 is 22.1 Å². The first-order valence-electron chi connectivity index (χ1n) is 8.57. The van der Waals surface area contributed by atoms with Gasteiger partial charge in [0.25, 0.3) is 0 Å². The maximum atomic E-state index is 12.4. The Balaban J connectivity index is 1.72. The second-order valence-corrected chi connectivity index (χ2v) is 8.11. The average Bonchev–Trinajstić information content (AvgIpc) is 2.68. The minimum atomic E-state index is -3.95. The molecule has 28 heavy (non-hydrogen) atoms. The van der Waals surface area contributed by atoms with Gasteiger partial charge in [-0.15, -0.1) is 0 Å². The van der Waals surface area contributed by atoms with Crippen LogP contribution in [0.5, 0.6) is 5.75 Å². The van der Waals surface area contributed by atoms with Crippen molar-refractivity contribution >= 4 is 44.7 Å². The summed E-state index contributed by atoms with van der Waals surface area (Å²) in [6.45, 7) is 2.33. The van der Waals surface area contributed by atoms with Crippen LogP contribution in [-0.4, -0.2) is 26.3 Å². The summed E-state index contributed by atoms with van der Waals surface area (Å²) in [6, 6.07) is 12.5. The van der Waals surface area contributed by atoms with E-state index >= 15 is 0 Å². The first-order chi connectivity index (χ1) is 13.5. The van der Waals surface area contributed by atoms with E-state index in [4.69, 9.17) is 8.92 Å². The minimum absolute atomic E-state index is 0.0575.